The van der Waals surface area contributed by atoms with Gasteiger partial charge in [0.1, 0.15) is 11.5 Å². The lowest BCUT2D eigenvalue weighted by Gasteiger charge is -2.38. The molecule has 2 aromatic rings. The van der Waals surface area contributed by atoms with Crippen molar-refractivity contribution in [1.82, 2.24) is 10.2 Å². The van der Waals surface area contributed by atoms with Crippen molar-refractivity contribution in [2.75, 3.05) is 65.0 Å². The topological polar surface area (TPSA) is 62.5 Å². The Balaban J connectivity index is 0.00000300. The minimum absolute atomic E-state index is 0. The number of anilines is 1. The SMILES string of the molecule is COCCN=C(NCCc1ccco1)N1CCN(c2ccccc2OC)CC1.I. The Kier molecular flexibility index (Phi) is 10.1. The third-order valence-electron chi connectivity index (χ3n) is 4.80. The lowest BCUT2D eigenvalue weighted by atomic mass is 10.2. The molecule has 1 fully saturated rings. The molecule has 0 amide bonds. The van der Waals surface area contributed by atoms with Crippen molar-refractivity contribution in [2.24, 2.45) is 4.99 Å². The molecule has 1 aliphatic heterocycles. The largest absolute Gasteiger partial charge is 0.495 e. The number of benzene rings is 1. The van der Waals surface area contributed by atoms with Gasteiger partial charge in [0.05, 0.1) is 32.2 Å². The van der Waals surface area contributed by atoms with Gasteiger partial charge in [-0.2, -0.15) is 0 Å². The number of ether oxygens (including phenoxy) is 2. The molecule has 7 nitrogen and oxygen atoms in total. The van der Waals surface area contributed by atoms with Gasteiger partial charge in [-0.1, -0.05) is 12.1 Å². The normalized spacial score (nSPS) is 14.5. The fourth-order valence-corrected chi connectivity index (χ4v) is 3.31. The summed E-state index contributed by atoms with van der Waals surface area (Å²) >= 11 is 0. The Bertz CT molecular complexity index is 731. The zero-order valence-corrected chi connectivity index (χ0v) is 19.5. The van der Waals surface area contributed by atoms with E-state index < -0.39 is 0 Å². The molecule has 2 heterocycles. The first-order valence-corrected chi connectivity index (χ1v) is 9.74. The smallest absolute Gasteiger partial charge is 0.194 e. The maximum Gasteiger partial charge on any atom is 0.194 e. The van der Waals surface area contributed by atoms with E-state index in [-0.39, 0.29) is 24.0 Å². The summed E-state index contributed by atoms with van der Waals surface area (Å²) in [5.74, 6) is 2.83. The summed E-state index contributed by atoms with van der Waals surface area (Å²) in [6.07, 6.45) is 2.54. The predicted octanol–water partition coefficient (Wildman–Crippen LogP) is 2.86. The summed E-state index contributed by atoms with van der Waals surface area (Å²) < 4.78 is 16.1. The van der Waals surface area contributed by atoms with Gasteiger partial charge in [0.2, 0.25) is 0 Å². The molecular formula is C21H31IN4O3. The highest BCUT2D eigenvalue weighted by molar-refractivity contribution is 14.0. The number of nitrogens with one attached hydrogen (secondary N) is 1. The Hall–Kier alpha value is -1.94. The third kappa shape index (κ3) is 6.81. The first-order valence-electron chi connectivity index (χ1n) is 9.74. The average molecular weight is 514 g/mol. The van der Waals surface area contributed by atoms with Crippen LogP contribution in [0.1, 0.15) is 5.76 Å². The van der Waals surface area contributed by atoms with E-state index in [2.05, 4.69) is 27.2 Å². The average Bonchev–Trinajstić information content (AvgIpc) is 3.26. The van der Waals surface area contributed by atoms with Crippen LogP contribution in [0.3, 0.4) is 0 Å². The van der Waals surface area contributed by atoms with E-state index in [1.807, 2.05) is 24.3 Å². The number of halogens is 1. The number of para-hydroxylation sites is 2. The number of nitrogens with zero attached hydrogens (tertiary/aromatic N) is 3. The highest BCUT2D eigenvalue weighted by atomic mass is 127. The summed E-state index contributed by atoms with van der Waals surface area (Å²) in [7, 11) is 3.42. The van der Waals surface area contributed by atoms with Gasteiger partial charge in [0.15, 0.2) is 5.96 Å². The van der Waals surface area contributed by atoms with Crippen molar-refractivity contribution in [3.8, 4) is 5.75 Å². The van der Waals surface area contributed by atoms with E-state index in [4.69, 9.17) is 18.9 Å². The van der Waals surface area contributed by atoms with Crippen molar-refractivity contribution in [1.29, 1.82) is 0 Å². The van der Waals surface area contributed by atoms with Crippen LogP contribution in [0.25, 0.3) is 0 Å². The second kappa shape index (κ2) is 12.6. The predicted molar refractivity (Wildman–Crippen MR) is 127 cm³/mol. The highest BCUT2D eigenvalue weighted by Crippen LogP contribution is 2.28. The lowest BCUT2D eigenvalue weighted by molar-refractivity contribution is 0.207. The molecule has 160 valence electrons. The number of rotatable bonds is 8. The number of piperazine rings is 1. The van der Waals surface area contributed by atoms with Gasteiger partial charge in [-0.05, 0) is 24.3 Å². The monoisotopic (exact) mass is 514 g/mol. The zero-order chi connectivity index (χ0) is 19.6. The minimum Gasteiger partial charge on any atom is -0.495 e. The Labute approximate surface area is 190 Å². The molecule has 0 unspecified atom stereocenters. The standard InChI is InChI=1S/C21H30N4O3.HI/c1-26-17-11-23-21(22-10-9-18-6-5-16-28-18)25-14-12-24(13-15-25)19-7-3-4-8-20(19)27-2;/h3-8,16H,9-15,17H2,1-2H3,(H,22,23);1H. The number of hydrogen-bond donors (Lipinski definition) is 1. The van der Waals surface area contributed by atoms with E-state index in [9.17, 15) is 0 Å². The second-order valence-electron chi connectivity index (χ2n) is 6.60. The van der Waals surface area contributed by atoms with Gasteiger partial charge in [-0.3, -0.25) is 4.99 Å². The molecule has 1 N–H and O–H groups in total. The zero-order valence-electron chi connectivity index (χ0n) is 17.2. The molecule has 1 aromatic heterocycles. The van der Waals surface area contributed by atoms with Crippen molar-refractivity contribution in [3.05, 3.63) is 48.4 Å². The van der Waals surface area contributed by atoms with Crippen LogP contribution in [-0.4, -0.2) is 71.0 Å². The molecular weight excluding hydrogens is 483 g/mol. The number of methoxy groups -OCH3 is 2. The molecule has 1 aromatic carbocycles. The van der Waals surface area contributed by atoms with E-state index in [0.717, 1.165) is 62.3 Å². The quantitative estimate of drug-likeness (QED) is 0.253. The van der Waals surface area contributed by atoms with E-state index in [1.165, 1.54) is 0 Å². The van der Waals surface area contributed by atoms with Crippen LogP contribution in [-0.2, 0) is 11.2 Å². The molecule has 8 heteroatoms. The molecule has 1 aliphatic rings. The molecule has 0 radical (unpaired) electrons. The fraction of sp³-hybridized carbons (Fsp3) is 0.476. The van der Waals surface area contributed by atoms with Crippen LogP contribution in [0.2, 0.25) is 0 Å². The molecule has 0 bridgehead atoms. The van der Waals surface area contributed by atoms with Gasteiger partial charge in [0, 0.05) is 46.3 Å². The summed E-state index contributed by atoms with van der Waals surface area (Å²) in [5, 5.41) is 3.48. The van der Waals surface area contributed by atoms with Crippen molar-refractivity contribution >= 4 is 35.6 Å². The van der Waals surface area contributed by atoms with E-state index in [1.54, 1.807) is 20.5 Å². The van der Waals surface area contributed by atoms with Gasteiger partial charge < -0.3 is 29.0 Å². The Morgan fingerprint density at radius 3 is 2.59 bits per heavy atom. The first kappa shape index (κ1) is 23.3. The van der Waals surface area contributed by atoms with Crippen LogP contribution in [0.4, 0.5) is 5.69 Å². The Morgan fingerprint density at radius 1 is 1.10 bits per heavy atom. The van der Waals surface area contributed by atoms with Gasteiger partial charge >= 0.3 is 0 Å². The van der Waals surface area contributed by atoms with Crippen LogP contribution < -0.4 is 15.0 Å². The summed E-state index contributed by atoms with van der Waals surface area (Å²) in [4.78, 5) is 9.40. The van der Waals surface area contributed by atoms with Crippen LogP contribution in [0.15, 0.2) is 52.1 Å². The van der Waals surface area contributed by atoms with Crippen LogP contribution in [0, 0.1) is 0 Å². The number of furan rings is 1. The number of hydrogen-bond acceptors (Lipinski definition) is 5. The summed E-state index contributed by atoms with van der Waals surface area (Å²) in [6.45, 7) is 5.69. The molecule has 1 saturated heterocycles. The molecule has 0 saturated carbocycles. The minimum atomic E-state index is 0. The molecule has 29 heavy (non-hydrogen) atoms. The fourth-order valence-electron chi connectivity index (χ4n) is 3.31. The van der Waals surface area contributed by atoms with Crippen molar-refractivity contribution in [2.45, 2.75) is 6.42 Å². The first-order chi connectivity index (χ1) is 13.8. The van der Waals surface area contributed by atoms with Gasteiger partial charge in [-0.15, -0.1) is 24.0 Å². The maximum absolute atomic E-state index is 5.51. The lowest BCUT2D eigenvalue weighted by Crippen LogP contribution is -2.53. The molecule has 0 aliphatic carbocycles. The van der Waals surface area contributed by atoms with Crippen LogP contribution >= 0.6 is 24.0 Å². The highest BCUT2D eigenvalue weighted by Gasteiger charge is 2.21. The number of guanidine groups is 1. The van der Waals surface area contributed by atoms with E-state index >= 15 is 0 Å². The van der Waals surface area contributed by atoms with Crippen LogP contribution in [0.5, 0.6) is 5.75 Å². The third-order valence-corrected chi connectivity index (χ3v) is 4.80. The maximum atomic E-state index is 5.51. The van der Waals surface area contributed by atoms with Gasteiger partial charge in [-0.25, -0.2) is 0 Å². The molecule has 3 rings (SSSR count). The summed E-state index contributed by atoms with van der Waals surface area (Å²) in [5.41, 5.74) is 1.15. The number of aliphatic imine (C=N–C) groups is 1. The van der Waals surface area contributed by atoms with Crippen molar-refractivity contribution < 1.29 is 13.9 Å². The molecule has 0 atom stereocenters. The summed E-state index contributed by atoms with van der Waals surface area (Å²) in [6, 6.07) is 12.1. The van der Waals surface area contributed by atoms with Gasteiger partial charge in [0.25, 0.3) is 0 Å². The second-order valence-corrected chi connectivity index (χ2v) is 6.60. The Morgan fingerprint density at radius 2 is 1.90 bits per heavy atom. The van der Waals surface area contributed by atoms with Crippen molar-refractivity contribution in [3.63, 3.8) is 0 Å². The van der Waals surface area contributed by atoms with E-state index in [0.29, 0.717) is 13.2 Å². The molecule has 0 spiro atoms.